The van der Waals surface area contributed by atoms with E-state index in [2.05, 4.69) is 29.1 Å². The van der Waals surface area contributed by atoms with E-state index < -0.39 is 41.5 Å². The van der Waals surface area contributed by atoms with Crippen molar-refractivity contribution in [1.82, 2.24) is 4.90 Å². The van der Waals surface area contributed by atoms with Crippen LogP contribution in [0.2, 0.25) is 0 Å². The summed E-state index contributed by atoms with van der Waals surface area (Å²) in [4.78, 5) is 43.4. The molecule has 3 heterocycles. The second-order valence-electron chi connectivity index (χ2n) is 8.77. The Hall–Kier alpha value is -2.69. The number of alkyl halides is 1. The Morgan fingerprint density at radius 2 is 2.03 bits per heavy atom. The van der Waals surface area contributed by atoms with Crippen molar-refractivity contribution < 1.29 is 33.7 Å². The third kappa shape index (κ3) is 4.07. The minimum atomic E-state index is -1.23. The Kier molecular flexibility index (Phi) is 7.35. The monoisotopic (exact) mass is 548 g/mol. The van der Waals surface area contributed by atoms with E-state index in [1.807, 2.05) is 0 Å². The van der Waals surface area contributed by atoms with E-state index in [1.54, 1.807) is 37.5 Å². The first-order valence-corrected chi connectivity index (χ1v) is 12.3. The number of amides is 2. The van der Waals surface area contributed by atoms with Crippen LogP contribution in [-0.4, -0.2) is 83.8 Å². The Morgan fingerprint density at radius 3 is 2.63 bits per heavy atom. The third-order valence-electron chi connectivity index (χ3n) is 6.94. The predicted molar refractivity (Wildman–Crippen MR) is 131 cm³/mol. The van der Waals surface area contributed by atoms with Gasteiger partial charge in [-0.1, -0.05) is 34.7 Å². The number of hydrogen-bond donors (Lipinski definition) is 1. The number of aliphatic hydroxyl groups excluding tert-OH is 1. The number of carbonyl (C=O) groups is 3. The maximum Gasteiger partial charge on any atom is 0.312 e. The van der Waals surface area contributed by atoms with E-state index >= 15 is 0 Å². The van der Waals surface area contributed by atoms with Crippen LogP contribution in [0, 0.1) is 11.8 Å². The summed E-state index contributed by atoms with van der Waals surface area (Å²) in [6.45, 7) is 7.14. The molecule has 0 aliphatic carbocycles. The molecular weight excluding hydrogens is 520 g/mol. The first-order valence-electron chi connectivity index (χ1n) is 11.4. The van der Waals surface area contributed by atoms with Gasteiger partial charge in [-0.05, 0) is 30.7 Å². The minimum Gasteiger partial charge on any atom is -0.497 e. The van der Waals surface area contributed by atoms with E-state index in [-0.39, 0.29) is 37.0 Å². The lowest BCUT2D eigenvalue weighted by Crippen LogP contribution is -2.57. The van der Waals surface area contributed by atoms with Crippen LogP contribution in [0.15, 0.2) is 49.6 Å². The van der Waals surface area contributed by atoms with Crippen molar-refractivity contribution in [3.63, 3.8) is 0 Å². The number of carbonyl (C=O) groups excluding carboxylic acids is 3. The van der Waals surface area contributed by atoms with E-state index in [4.69, 9.17) is 14.2 Å². The average Bonchev–Trinajstić information content (AvgIpc) is 3.44. The molecule has 0 radical (unpaired) electrons. The highest BCUT2D eigenvalue weighted by Gasteiger charge is 2.77. The van der Waals surface area contributed by atoms with Crippen molar-refractivity contribution in [2.24, 2.45) is 11.8 Å². The normalized spacial score (nSPS) is 30.7. The zero-order valence-corrected chi connectivity index (χ0v) is 21.1. The van der Waals surface area contributed by atoms with Crippen LogP contribution in [0.3, 0.4) is 0 Å². The van der Waals surface area contributed by atoms with Crippen LogP contribution in [-0.2, 0) is 23.9 Å². The molecular formula is C25H29BrN2O7. The number of anilines is 1. The zero-order chi connectivity index (χ0) is 25.3. The SMILES string of the molecule is C=CCOC(=O)[C@H]1[C@@H]2OC3(CC2Br)C(C(=O)N(CC=C)c2ccc(OC)cc2)N(CCO)C(=O)[C@H]13. The van der Waals surface area contributed by atoms with Crippen molar-refractivity contribution in [2.45, 2.75) is 29.0 Å². The number of benzene rings is 1. The topological polar surface area (TPSA) is 106 Å². The largest absolute Gasteiger partial charge is 0.497 e. The van der Waals surface area contributed by atoms with Gasteiger partial charge in [-0.2, -0.15) is 0 Å². The Labute approximate surface area is 212 Å². The average molecular weight is 549 g/mol. The molecule has 1 aromatic rings. The summed E-state index contributed by atoms with van der Waals surface area (Å²) < 4.78 is 16.9. The van der Waals surface area contributed by atoms with Gasteiger partial charge in [-0.25, -0.2) is 0 Å². The molecule has 3 fully saturated rings. The molecule has 2 amide bonds. The maximum atomic E-state index is 14.1. The van der Waals surface area contributed by atoms with E-state index in [0.29, 0.717) is 17.9 Å². The van der Waals surface area contributed by atoms with Gasteiger partial charge >= 0.3 is 5.97 Å². The number of β-amino-alcohol motifs (C(OH)–C–C–N with tert-alkyl or cyclic N) is 1. The molecule has 3 aliphatic heterocycles. The minimum absolute atomic E-state index is 0.0101. The first-order chi connectivity index (χ1) is 16.8. The van der Waals surface area contributed by atoms with Gasteiger partial charge in [0.2, 0.25) is 5.91 Å². The number of hydrogen-bond acceptors (Lipinski definition) is 7. The number of rotatable bonds is 10. The standard InChI is InChI=1S/C25H29BrN2O7/c1-4-10-27(15-6-8-16(33-3)9-7-15)23(31)21-25-14-17(26)20(35-25)18(24(32)34-13-5-2)19(25)22(30)28(21)11-12-29/h4-9,17-21,29H,1-2,10-14H2,3H3/t17?,18-,19+,20-,21?,25?/m1/s1. The van der Waals surface area contributed by atoms with E-state index in [9.17, 15) is 19.5 Å². The van der Waals surface area contributed by atoms with Crippen LogP contribution in [0.25, 0.3) is 0 Å². The first kappa shape index (κ1) is 25.4. The summed E-state index contributed by atoms with van der Waals surface area (Å²) in [7, 11) is 1.55. The van der Waals surface area contributed by atoms with E-state index in [1.165, 1.54) is 15.9 Å². The van der Waals surface area contributed by atoms with Crippen molar-refractivity contribution in [1.29, 1.82) is 0 Å². The molecule has 188 valence electrons. The molecule has 35 heavy (non-hydrogen) atoms. The van der Waals surface area contributed by atoms with Crippen LogP contribution >= 0.6 is 15.9 Å². The number of methoxy groups -OCH3 is 1. The summed E-state index contributed by atoms with van der Waals surface area (Å²) in [6, 6.07) is 5.94. The highest BCUT2D eigenvalue weighted by Crippen LogP contribution is 2.60. The fourth-order valence-electron chi connectivity index (χ4n) is 5.63. The summed E-state index contributed by atoms with van der Waals surface area (Å²) in [5, 5.41) is 9.73. The van der Waals surface area contributed by atoms with Gasteiger partial charge in [0.1, 0.15) is 24.0 Å². The molecule has 0 saturated carbocycles. The van der Waals surface area contributed by atoms with Crippen molar-refractivity contribution in [3.05, 3.63) is 49.6 Å². The fraction of sp³-hybridized carbons (Fsp3) is 0.480. The molecule has 3 saturated heterocycles. The van der Waals surface area contributed by atoms with Crippen molar-refractivity contribution in [2.75, 3.05) is 38.3 Å². The van der Waals surface area contributed by atoms with Crippen LogP contribution in [0.4, 0.5) is 5.69 Å². The second kappa shape index (κ2) is 10.1. The molecule has 1 spiro atoms. The molecule has 6 atom stereocenters. The van der Waals surface area contributed by atoms with Crippen molar-refractivity contribution in [3.8, 4) is 5.75 Å². The van der Waals surface area contributed by atoms with Gasteiger partial charge in [0.05, 0.1) is 31.7 Å². The molecule has 2 bridgehead atoms. The van der Waals surface area contributed by atoms with E-state index in [0.717, 1.165) is 0 Å². The molecule has 4 rings (SSSR count). The van der Waals surface area contributed by atoms with Gasteiger partial charge in [0.15, 0.2) is 0 Å². The lowest BCUT2D eigenvalue weighted by Gasteiger charge is -2.37. The van der Waals surface area contributed by atoms with Crippen LogP contribution in [0.5, 0.6) is 5.75 Å². The number of aliphatic hydroxyl groups is 1. The van der Waals surface area contributed by atoms with Gasteiger partial charge in [0.25, 0.3) is 5.91 Å². The summed E-state index contributed by atoms with van der Waals surface area (Å²) >= 11 is 3.60. The zero-order valence-electron chi connectivity index (χ0n) is 19.5. The number of esters is 1. The molecule has 3 aliphatic rings. The second-order valence-corrected chi connectivity index (χ2v) is 9.95. The fourth-order valence-corrected chi connectivity index (χ4v) is 6.57. The Bertz CT molecular complexity index is 1020. The molecule has 1 aromatic carbocycles. The molecule has 3 unspecified atom stereocenters. The summed E-state index contributed by atoms with van der Waals surface area (Å²) in [6.07, 6.45) is 2.81. The maximum absolute atomic E-state index is 14.1. The molecule has 1 N–H and O–H groups in total. The summed E-state index contributed by atoms with van der Waals surface area (Å²) in [5.41, 5.74) is -0.636. The van der Waals surface area contributed by atoms with Crippen molar-refractivity contribution >= 4 is 39.4 Å². The van der Waals surface area contributed by atoms with Crippen LogP contribution < -0.4 is 9.64 Å². The smallest absolute Gasteiger partial charge is 0.312 e. The highest BCUT2D eigenvalue weighted by molar-refractivity contribution is 9.09. The third-order valence-corrected chi connectivity index (χ3v) is 7.79. The van der Waals surface area contributed by atoms with Crippen LogP contribution in [0.1, 0.15) is 6.42 Å². The lowest BCUT2D eigenvalue weighted by molar-refractivity contribution is -0.153. The van der Waals surface area contributed by atoms with Gasteiger partial charge in [-0.3, -0.25) is 14.4 Å². The van der Waals surface area contributed by atoms with Gasteiger partial charge in [0, 0.05) is 23.6 Å². The molecule has 9 nitrogen and oxygen atoms in total. The lowest BCUT2D eigenvalue weighted by atomic mass is 9.70. The molecule has 10 heteroatoms. The highest BCUT2D eigenvalue weighted by atomic mass is 79.9. The number of likely N-dealkylation sites (tertiary alicyclic amines) is 1. The number of halogens is 1. The van der Waals surface area contributed by atoms with Gasteiger partial charge in [-0.15, -0.1) is 6.58 Å². The predicted octanol–water partition coefficient (Wildman–Crippen LogP) is 1.68. The summed E-state index contributed by atoms with van der Waals surface area (Å²) in [5.74, 6) is -2.45. The number of nitrogens with zero attached hydrogens (tertiary/aromatic N) is 2. The molecule has 0 aromatic heterocycles. The van der Waals surface area contributed by atoms with Gasteiger partial charge < -0.3 is 29.1 Å². The Balaban J connectivity index is 1.75. The quantitative estimate of drug-likeness (QED) is 0.269. The number of fused-ring (bicyclic) bond motifs is 1. The Morgan fingerprint density at radius 1 is 1.31 bits per heavy atom. The number of ether oxygens (including phenoxy) is 3.